The lowest BCUT2D eigenvalue weighted by molar-refractivity contribution is -0.123. The van der Waals surface area contributed by atoms with Crippen molar-refractivity contribution in [3.8, 4) is 0 Å². The van der Waals surface area contributed by atoms with Gasteiger partial charge in [-0.25, -0.2) is 0 Å². The minimum Gasteiger partial charge on any atom is -0.391 e. The second kappa shape index (κ2) is 6.79. The first-order valence-corrected chi connectivity index (χ1v) is 5.18. The van der Waals surface area contributed by atoms with Crippen LogP contribution in [0.15, 0.2) is 0 Å². The van der Waals surface area contributed by atoms with Gasteiger partial charge in [0.15, 0.2) is 0 Å². The highest BCUT2D eigenvalue weighted by Crippen LogP contribution is 2.02. The van der Waals surface area contributed by atoms with Gasteiger partial charge in [0.2, 0.25) is 5.91 Å². The Kier molecular flexibility index (Phi) is 6.49. The monoisotopic (exact) mass is 202 g/mol. The molecule has 4 nitrogen and oxygen atoms in total. The summed E-state index contributed by atoms with van der Waals surface area (Å²) in [5.41, 5.74) is 5.65. The summed E-state index contributed by atoms with van der Waals surface area (Å²) in [5.74, 6) is 0.234. The fourth-order valence-corrected chi connectivity index (χ4v) is 1.11. The van der Waals surface area contributed by atoms with Crippen LogP contribution in [0.1, 0.15) is 33.6 Å². The molecule has 4 N–H and O–H groups in total. The first kappa shape index (κ1) is 13.4. The quantitative estimate of drug-likeness (QED) is 0.578. The Morgan fingerprint density at radius 2 is 2.07 bits per heavy atom. The number of aliphatic hydroxyl groups excluding tert-OH is 1. The van der Waals surface area contributed by atoms with Crippen LogP contribution in [0.3, 0.4) is 0 Å². The molecule has 0 saturated heterocycles. The van der Waals surface area contributed by atoms with Crippen LogP contribution in [0.5, 0.6) is 0 Å². The van der Waals surface area contributed by atoms with Gasteiger partial charge in [-0.2, -0.15) is 0 Å². The topological polar surface area (TPSA) is 75.3 Å². The molecule has 0 aromatic rings. The number of aliphatic hydroxyl groups is 1. The van der Waals surface area contributed by atoms with Gasteiger partial charge in [-0.1, -0.05) is 20.8 Å². The van der Waals surface area contributed by atoms with Crippen molar-refractivity contribution < 1.29 is 9.90 Å². The summed E-state index contributed by atoms with van der Waals surface area (Å²) >= 11 is 0. The predicted molar refractivity (Wildman–Crippen MR) is 56.7 cm³/mol. The molecule has 1 amide bonds. The maximum absolute atomic E-state index is 11.4. The van der Waals surface area contributed by atoms with Crippen molar-refractivity contribution in [1.29, 1.82) is 0 Å². The largest absolute Gasteiger partial charge is 0.391 e. The Hall–Kier alpha value is -0.610. The van der Waals surface area contributed by atoms with Gasteiger partial charge in [-0.15, -0.1) is 0 Å². The van der Waals surface area contributed by atoms with E-state index in [1.807, 2.05) is 20.8 Å². The molecule has 0 aromatic carbocycles. The highest BCUT2D eigenvalue weighted by molar-refractivity contribution is 5.81. The van der Waals surface area contributed by atoms with Crippen LogP contribution in [0.2, 0.25) is 0 Å². The molecule has 0 rings (SSSR count). The zero-order chi connectivity index (χ0) is 11.1. The van der Waals surface area contributed by atoms with Gasteiger partial charge in [-0.05, 0) is 18.8 Å². The SMILES string of the molecule is CCC(O)CNC(=O)[C@@H](N)CC(C)C. The Labute approximate surface area is 85.9 Å². The van der Waals surface area contributed by atoms with E-state index >= 15 is 0 Å². The summed E-state index contributed by atoms with van der Waals surface area (Å²) in [6.07, 6.45) is 0.846. The average Bonchev–Trinajstić information content (AvgIpc) is 2.12. The fourth-order valence-electron chi connectivity index (χ4n) is 1.11. The molecule has 0 spiro atoms. The molecule has 0 aliphatic heterocycles. The third-order valence-electron chi connectivity index (χ3n) is 2.05. The Morgan fingerprint density at radius 1 is 1.50 bits per heavy atom. The van der Waals surface area contributed by atoms with Crippen LogP contribution in [0.4, 0.5) is 0 Å². The van der Waals surface area contributed by atoms with E-state index in [4.69, 9.17) is 5.73 Å². The van der Waals surface area contributed by atoms with E-state index in [0.717, 1.165) is 0 Å². The molecular formula is C10H22N2O2. The summed E-state index contributed by atoms with van der Waals surface area (Å²) in [7, 11) is 0. The van der Waals surface area contributed by atoms with E-state index < -0.39 is 12.1 Å². The molecule has 0 aromatic heterocycles. The second-order valence-electron chi connectivity index (χ2n) is 4.04. The molecule has 0 bridgehead atoms. The van der Waals surface area contributed by atoms with Crippen molar-refractivity contribution in [2.24, 2.45) is 11.7 Å². The highest BCUT2D eigenvalue weighted by atomic mass is 16.3. The lowest BCUT2D eigenvalue weighted by Crippen LogP contribution is -2.43. The zero-order valence-corrected chi connectivity index (χ0v) is 9.29. The van der Waals surface area contributed by atoms with Gasteiger partial charge in [0.25, 0.3) is 0 Å². The van der Waals surface area contributed by atoms with Crippen molar-refractivity contribution in [2.45, 2.75) is 45.8 Å². The Bertz CT molecular complexity index is 172. The molecule has 0 aliphatic carbocycles. The maximum atomic E-state index is 11.4. The molecule has 0 saturated carbocycles. The fraction of sp³-hybridized carbons (Fsp3) is 0.900. The van der Waals surface area contributed by atoms with Crippen molar-refractivity contribution in [3.05, 3.63) is 0 Å². The summed E-state index contributed by atoms with van der Waals surface area (Å²) < 4.78 is 0. The third-order valence-corrected chi connectivity index (χ3v) is 2.05. The zero-order valence-electron chi connectivity index (χ0n) is 9.29. The van der Waals surface area contributed by atoms with Crippen molar-refractivity contribution in [2.75, 3.05) is 6.54 Å². The molecule has 84 valence electrons. The minimum atomic E-state index is -0.467. The first-order valence-electron chi connectivity index (χ1n) is 5.18. The molecule has 0 aliphatic rings. The summed E-state index contributed by atoms with van der Waals surface area (Å²) in [4.78, 5) is 11.4. The minimum absolute atomic E-state index is 0.175. The smallest absolute Gasteiger partial charge is 0.237 e. The number of hydrogen-bond donors (Lipinski definition) is 3. The van der Waals surface area contributed by atoms with Gasteiger partial charge >= 0.3 is 0 Å². The average molecular weight is 202 g/mol. The molecular weight excluding hydrogens is 180 g/mol. The Morgan fingerprint density at radius 3 is 2.50 bits per heavy atom. The van der Waals surface area contributed by atoms with E-state index in [9.17, 15) is 9.90 Å². The number of rotatable bonds is 6. The molecule has 14 heavy (non-hydrogen) atoms. The Balaban J connectivity index is 3.73. The van der Waals surface area contributed by atoms with Crippen molar-refractivity contribution in [1.82, 2.24) is 5.32 Å². The third kappa shape index (κ3) is 5.94. The normalized spacial score (nSPS) is 15.3. The van der Waals surface area contributed by atoms with Crippen molar-refractivity contribution in [3.63, 3.8) is 0 Å². The van der Waals surface area contributed by atoms with Gasteiger partial charge in [0, 0.05) is 6.54 Å². The van der Waals surface area contributed by atoms with Crippen LogP contribution >= 0.6 is 0 Å². The van der Waals surface area contributed by atoms with Crippen LogP contribution in [-0.2, 0) is 4.79 Å². The molecule has 2 atom stereocenters. The first-order chi connectivity index (χ1) is 6.47. The lowest BCUT2D eigenvalue weighted by atomic mass is 10.0. The molecule has 4 heteroatoms. The van der Waals surface area contributed by atoms with E-state index in [2.05, 4.69) is 5.32 Å². The van der Waals surface area contributed by atoms with Crippen LogP contribution in [0, 0.1) is 5.92 Å². The summed E-state index contributed by atoms with van der Waals surface area (Å²) in [6.45, 7) is 6.20. The van der Waals surface area contributed by atoms with Crippen molar-refractivity contribution >= 4 is 5.91 Å². The number of nitrogens with one attached hydrogen (secondary N) is 1. The van der Waals surface area contributed by atoms with Gasteiger partial charge in [-0.3, -0.25) is 4.79 Å². The number of carbonyl (C=O) groups excluding carboxylic acids is 1. The van der Waals surface area contributed by atoms with Gasteiger partial charge < -0.3 is 16.2 Å². The molecule has 0 heterocycles. The van der Waals surface area contributed by atoms with Gasteiger partial charge in [0.05, 0.1) is 12.1 Å². The van der Waals surface area contributed by atoms with Crippen LogP contribution in [-0.4, -0.2) is 29.7 Å². The number of carbonyl (C=O) groups is 1. The lowest BCUT2D eigenvalue weighted by Gasteiger charge is -2.15. The van der Waals surface area contributed by atoms with E-state index in [-0.39, 0.29) is 5.91 Å². The van der Waals surface area contributed by atoms with E-state index in [0.29, 0.717) is 25.3 Å². The summed E-state index contributed by atoms with van der Waals surface area (Å²) in [6, 6.07) is -0.459. The summed E-state index contributed by atoms with van der Waals surface area (Å²) in [5, 5.41) is 11.8. The highest BCUT2D eigenvalue weighted by Gasteiger charge is 2.15. The second-order valence-corrected chi connectivity index (χ2v) is 4.04. The molecule has 1 unspecified atom stereocenters. The maximum Gasteiger partial charge on any atom is 0.237 e. The standard InChI is InChI=1S/C10H22N2O2/c1-4-8(13)6-12-10(14)9(11)5-7(2)3/h7-9,13H,4-6,11H2,1-3H3,(H,12,14)/t8?,9-/m0/s1. The predicted octanol–water partition coefficient (Wildman–Crippen LogP) is 0.247. The molecule has 0 radical (unpaired) electrons. The number of nitrogens with two attached hydrogens (primary N) is 1. The van der Waals surface area contributed by atoms with Crippen LogP contribution < -0.4 is 11.1 Å². The number of amides is 1. The van der Waals surface area contributed by atoms with E-state index in [1.54, 1.807) is 0 Å². The molecule has 0 fully saturated rings. The van der Waals surface area contributed by atoms with Gasteiger partial charge in [0.1, 0.15) is 0 Å². The number of hydrogen-bond acceptors (Lipinski definition) is 3. The van der Waals surface area contributed by atoms with E-state index in [1.165, 1.54) is 0 Å². The van der Waals surface area contributed by atoms with Crippen LogP contribution in [0.25, 0.3) is 0 Å².